The number of allylic oxidation sites excluding steroid dienone is 14. The molecule has 0 aliphatic heterocycles. The summed E-state index contributed by atoms with van der Waals surface area (Å²) in [6, 6.07) is 0. The molecule has 0 N–H and O–H groups in total. The highest BCUT2D eigenvalue weighted by Gasteiger charge is 2.09. The molecule has 0 radical (unpaired) electrons. The number of nitrogens with zero attached hydrogens (tertiary/aromatic N) is 2. The average molecular weight is 316 g/mol. The molecule has 24 heavy (non-hydrogen) atoms. The molecule has 0 atom stereocenters. The first-order valence-corrected chi connectivity index (χ1v) is 8.26. The summed E-state index contributed by atoms with van der Waals surface area (Å²) in [4.78, 5) is 9.66. The van der Waals surface area contributed by atoms with E-state index in [1.54, 1.807) is 0 Å². The number of rotatable bonds is 3. The van der Waals surface area contributed by atoms with Crippen molar-refractivity contribution in [2.45, 2.75) is 27.7 Å². The highest BCUT2D eigenvalue weighted by atomic mass is 14.9. The molecule has 0 bridgehead atoms. The maximum atomic E-state index is 4.83. The van der Waals surface area contributed by atoms with Crippen molar-refractivity contribution in [2.75, 3.05) is 0 Å². The van der Waals surface area contributed by atoms with E-state index in [0.717, 1.165) is 34.0 Å². The van der Waals surface area contributed by atoms with E-state index in [1.807, 2.05) is 76.3 Å². The lowest BCUT2D eigenvalue weighted by atomic mass is 10.0. The van der Waals surface area contributed by atoms with Crippen LogP contribution in [0.4, 0.5) is 0 Å². The SMILES string of the molecule is CC=C(/N=C1/C=CC=C/C1=C/C)C(=C/C)/N=C1/C=CC=C/C1=C/C. The van der Waals surface area contributed by atoms with Gasteiger partial charge in [-0.1, -0.05) is 60.8 Å². The second-order valence-electron chi connectivity index (χ2n) is 5.27. The molecule has 2 aliphatic rings. The molecule has 122 valence electrons. The minimum Gasteiger partial charge on any atom is -0.247 e. The molecule has 0 aromatic carbocycles. The Bertz CT molecular complexity index is 718. The number of aliphatic imine (C=N–C) groups is 2. The molecule has 0 fully saturated rings. The van der Waals surface area contributed by atoms with Crippen LogP contribution in [0.5, 0.6) is 0 Å². The summed E-state index contributed by atoms with van der Waals surface area (Å²) in [6.45, 7) is 8.04. The Morgan fingerprint density at radius 2 is 1.00 bits per heavy atom. The van der Waals surface area contributed by atoms with Crippen LogP contribution in [0.1, 0.15) is 27.7 Å². The van der Waals surface area contributed by atoms with Gasteiger partial charge in [0.1, 0.15) is 0 Å². The Kier molecular flexibility index (Phi) is 6.44. The largest absolute Gasteiger partial charge is 0.247 e. The van der Waals surface area contributed by atoms with Crippen LogP contribution in [-0.2, 0) is 0 Å². The Labute approximate surface area is 145 Å². The van der Waals surface area contributed by atoms with Crippen molar-refractivity contribution in [3.8, 4) is 0 Å². The summed E-state index contributed by atoms with van der Waals surface area (Å²) < 4.78 is 0. The minimum atomic E-state index is 0.873. The quantitative estimate of drug-likeness (QED) is 0.586. The Balaban J connectivity index is 2.39. The summed E-state index contributed by atoms with van der Waals surface area (Å²) in [5.74, 6) is 0. The first-order valence-electron chi connectivity index (χ1n) is 8.26. The predicted octanol–water partition coefficient (Wildman–Crippen LogP) is 5.82. The summed E-state index contributed by atoms with van der Waals surface area (Å²) in [6.07, 6.45) is 24.4. The fourth-order valence-corrected chi connectivity index (χ4v) is 2.47. The van der Waals surface area contributed by atoms with Gasteiger partial charge in [-0.3, -0.25) is 0 Å². The molecule has 0 amide bonds. The van der Waals surface area contributed by atoms with Gasteiger partial charge in [-0.05, 0) is 51.0 Å². The van der Waals surface area contributed by atoms with Crippen LogP contribution < -0.4 is 0 Å². The fourth-order valence-electron chi connectivity index (χ4n) is 2.47. The molecule has 2 nitrogen and oxygen atoms in total. The van der Waals surface area contributed by atoms with E-state index in [4.69, 9.17) is 9.98 Å². The zero-order valence-corrected chi connectivity index (χ0v) is 14.8. The van der Waals surface area contributed by atoms with E-state index < -0.39 is 0 Å². The van der Waals surface area contributed by atoms with Crippen LogP contribution >= 0.6 is 0 Å². The second kappa shape index (κ2) is 8.78. The van der Waals surface area contributed by atoms with Gasteiger partial charge in [0, 0.05) is 0 Å². The van der Waals surface area contributed by atoms with Gasteiger partial charge in [0.05, 0.1) is 22.8 Å². The molecule has 0 aromatic rings. The van der Waals surface area contributed by atoms with Gasteiger partial charge in [-0.25, -0.2) is 9.98 Å². The van der Waals surface area contributed by atoms with Crippen molar-refractivity contribution in [2.24, 2.45) is 9.98 Å². The highest BCUT2D eigenvalue weighted by molar-refractivity contribution is 6.13. The van der Waals surface area contributed by atoms with Crippen molar-refractivity contribution in [3.05, 3.63) is 95.5 Å². The third-order valence-corrected chi connectivity index (χ3v) is 3.79. The molecule has 0 spiro atoms. The third-order valence-electron chi connectivity index (χ3n) is 3.79. The highest BCUT2D eigenvalue weighted by Crippen LogP contribution is 2.20. The lowest BCUT2D eigenvalue weighted by molar-refractivity contribution is 1.21. The number of hydrogen-bond donors (Lipinski definition) is 0. The summed E-state index contributed by atoms with van der Waals surface area (Å²) >= 11 is 0. The normalized spacial score (nSPS) is 24.8. The van der Waals surface area contributed by atoms with Gasteiger partial charge in [0.25, 0.3) is 0 Å². The first kappa shape index (κ1) is 17.6. The van der Waals surface area contributed by atoms with Crippen LogP contribution in [0.25, 0.3) is 0 Å². The third kappa shape index (κ3) is 4.17. The van der Waals surface area contributed by atoms with E-state index in [1.165, 1.54) is 0 Å². The van der Waals surface area contributed by atoms with Gasteiger partial charge in [0.2, 0.25) is 0 Å². The minimum absolute atomic E-state index is 0.873. The van der Waals surface area contributed by atoms with Crippen molar-refractivity contribution in [1.29, 1.82) is 0 Å². The van der Waals surface area contributed by atoms with Crippen LogP contribution in [-0.4, -0.2) is 11.4 Å². The first-order chi connectivity index (χ1) is 11.7. The molecule has 0 aromatic heterocycles. The van der Waals surface area contributed by atoms with Crippen molar-refractivity contribution in [3.63, 3.8) is 0 Å². The summed E-state index contributed by atoms with van der Waals surface area (Å²) in [7, 11) is 0. The molecule has 2 aliphatic carbocycles. The van der Waals surface area contributed by atoms with E-state index in [-0.39, 0.29) is 0 Å². The molecular weight excluding hydrogens is 292 g/mol. The smallest absolute Gasteiger partial charge is 0.0847 e. The Morgan fingerprint density at radius 1 is 0.625 bits per heavy atom. The van der Waals surface area contributed by atoms with Crippen LogP contribution in [0.15, 0.2) is 105 Å². The van der Waals surface area contributed by atoms with Crippen LogP contribution in [0, 0.1) is 0 Å². The molecule has 0 saturated carbocycles. The number of hydrogen-bond acceptors (Lipinski definition) is 2. The van der Waals surface area contributed by atoms with Gasteiger partial charge >= 0.3 is 0 Å². The molecule has 0 saturated heterocycles. The zero-order valence-electron chi connectivity index (χ0n) is 14.8. The zero-order chi connectivity index (χ0) is 17.4. The molecule has 2 heteroatoms. The van der Waals surface area contributed by atoms with E-state index in [2.05, 4.69) is 24.3 Å². The predicted molar refractivity (Wildman–Crippen MR) is 106 cm³/mol. The molecule has 2 rings (SSSR count). The Morgan fingerprint density at radius 3 is 1.33 bits per heavy atom. The molecular formula is C22H24N2. The Hall–Kier alpha value is -2.74. The van der Waals surface area contributed by atoms with E-state index in [9.17, 15) is 0 Å². The van der Waals surface area contributed by atoms with E-state index >= 15 is 0 Å². The van der Waals surface area contributed by atoms with Crippen LogP contribution in [0.3, 0.4) is 0 Å². The maximum absolute atomic E-state index is 4.83. The van der Waals surface area contributed by atoms with Gasteiger partial charge in [-0.2, -0.15) is 0 Å². The van der Waals surface area contributed by atoms with Crippen molar-refractivity contribution < 1.29 is 0 Å². The maximum Gasteiger partial charge on any atom is 0.0847 e. The fraction of sp³-hybridized carbons (Fsp3) is 0.182. The average Bonchev–Trinajstić information content (AvgIpc) is 2.65. The van der Waals surface area contributed by atoms with Crippen molar-refractivity contribution in [1.82, 2.24) is 0 Å². The topological polar surface area (TPSA) is 24.7 Å². The van der Waals surface area contributed by atoms with Gasteiger partial charge in [0.15, 0.2) is 0 Å². The summed E-state index contributed by atoms with van der Waals surface area (Å²) in [5.41, 5.74) is 5.90. The lowest BCUT2D eigenvalue weighted by Gasteiger charge is -2.11. The molecule has 0 heterocycles. The van der Waals surface area contributed by atoms with Crippen molar-refractivity contribution >= 4 is 11.4 Å². The summed E-state index contributed by atoms with van der Waals surface area (Å²) in [5, 5.41) is 0. The monoisotopic (exact) mass is 316 g/mol. The standard InChI is InChI=1S/C22H24N2/c1-5-17-13-9-11-15-21(17)23-19(7-3)20(8-4)24-22-16-12-10-14-18(22)6-2/h5-16H,1-4H3/b17-5-,18-6-,19-7-,20-8?,23-21-,24-22-. The molecule has 0 unspecified atom stereocenters. The lowest BCUT2D eigenvalue weighted by Crippen LogP contribution is -2.04. The van der Waals surface area contributed by atoms with Gasteiger partial charge < -0.3 is 0 Å². The van der Waals surface area contributed by atoms with E-state index in [0.29, 0.717) is 0 Å². The van der Waals surface area contributed by atoms with Crippen LogP contribution in [0.2, 0.25) is 0 Å². The second-order valence-corrected chi connectivity index (χ2v) is 5.27. The van der Waals surface area contributed by atoms with Gasteiger partial charge in [-0.15, -0.1) is 0 Å².